The SMILES string of the molecule is CC(C)(C)CC(=O)OCCNC(C)(C)C. The summed E-state index contributed by atoms with van der Waals surface area (Å²) in [7, 11) is 0. The maximum atomic E-state index is 11.3. The molecule has 0 bridgehead atoms. The van der Waals surface area contributed by atoms with Gasteiger partial charge in [-0.05, 0) is 26.2 Å². The lowest BCUT2D eigenvalue weighted by molar-refractivity contribution is -0.145. The van der Waals surface area contributed by atoms with Gasteiger partial charge in [0.05, 0.1) is 6.42 Å². The average Bonchev–Trinajstić information content (AvgIpc) is 1.92. The summed E-state index contributed by atoms with van der Waals surface area (Å²) in [5.41, 5.74) is 0.0883. The maximum Gasteiger partial charge on any atom is 0.306 e. The quantitative estimate of drug-likeness (QED) is 0.578. The molecule has 0 aliphatic rings. The van der Waals surface area contributed by atoms with Gasteiger partial charge in [-0.15, -0.1) is 0 Å². The molecule has 0 saturated heterocycles. The van der Waals surface area contributed by atoms with Gasteiger partial charge in [0.2, 0.25) is 0 Å². The van der Waals surface area contributed by atoms with Crippen LogP contribution in [0.1, 0.15) is 48.0 Å². The first-order chi connectivity index (χ1) is 6.60. The predicted molar refractivity (Wildman–Crippen MR) is 62.8 cm³/mol. The summed E-state index contributed by atoms with van der Waals surface area (Å²) in [5.74, 6) is -0.113. The van der Waals surface area contributed by atoms with E-state index in [-0.39, 0.29) is 16.9 Å². The highest BCUT2D eigenvalue weighted by Gasteiger charge is 2.17. The number of ether oxygens (including phenoxy) is 1. The smallest absolute Gasteiger partial charge is 0.306 e. The fourth-order valence-corrected chi connectivity index (χ4v) is 1.07. The van der Waals surface area contributed by atoms with E-state index in [4.69, 9.17) is 4.74 Å². The molecular weight excluding hydrogens is 190 g/mol. The van der Waals surface area contributed by atoms with Gasteiger partial charge in [0.25, 0.3) is 0 Å². The third-order valence-corrected chi connectivity index (χ3v) is 1.70. The Morgan fingerprint density at radius 2 is 1.67 bits per heavy atom. The normalized spacial score (nSPS) is 12.7. The molecule has 90 valence electrons. The van der Waals surface area contributed by atoms with E-state index in [0.29, 0.717) is 19.6 Å². The topological polar surface area (TPSA) is 38.3 Å². The number of carbonyl (C=O) groups excluding carboxylic acids is 1. The lowest BCUT2D eigenvalue weighted by atomic mass is 9.92. The Balaban J connectivity index is 3.57. The highest BCUT2D eigenvalue weighted by Crippen LogP contribution is 2.18. The molecule has 0 atom stereocenters. The van der Waals surface area contributed by atoms with E-state index in [1.54, 1.807) is 0 Å². The Bertz CT molecular complexity index is 199. The molecule has 0 radical (unpaired) electrons. The van der Waals surface area contributed by atoms with Crippen molar-refractivity contribution in [2.45, 2.75) is 53.5 Å². The highest BCUT2D eigenvalue weighted by atomic mass is 16.5. The van der Waals surface area contributed by atoms with Gasteiger partial charge < -0.3 is 10.1 Å². The molecule has 3 heteroatoms. The van der Waals surface area contributed by atoms with Crippen LogP contribution in [-0.2, 0) is 9.53 Å². The second kappa shape index (κ2) is 5.50. The van der Waals surface area contributed by atoms with Gasteiger partial charge in [0, 0.05) is 12.1 Å². The van der Waals surface area contributed by atoms with E-state index in [1.807, 2.05) is 20.8 Å². The Morgan fingerprint density at radius 1 is 1.13 bits per heavy atom. The van der Waals surface area contributed by atoms with E-state index < -0.39 is 0 Å². The molecule has 15 heavy (non-hydrogen) atoms. The van der Waals surface area contributed by atoms with Crippen molar-refractivity contribution in [2.24, 2.45) is 5.41 Å². The first-order valence-electron chi connectivity index (χ1n) is 5.51. The first-order valence-corrected chi connectivity index (χ1v) is 5.51. The second-order valence-electron chi connectivity index (χ2n) is 6.13. The van der Waals surface area contributed by atoms with E-state index >= 15 is 0 Å². The van der Waals surface area contributed by atoms with Gasteiger partial charge in [-0.3, -0.25) is 4.79 Å². The van der Waals surface area contributed by atoms with Crippen LogP contribution < -0.4 is 5.32 Å². The van der Waals surface area contributed by atoms with Crippen molar-refractivity contribution >= 4 is 5.97 Å². The molecule has 0 unspecified atom stereocenters. The lowest BCUT2D eigenvalue weighted by Crippen LogP contribution is -2.38. The molecule has 0 aromatic carbocycles. The minimum Gasteiger partial charge on any atom is -0.464 e. The molecule has 0 spiro atoms. The summed E-state index contributed by atoms with van der Waals surface area (Å²) in [6.07, 6.45) is 0.475. The zero-order chi connectivity index (χ0) is 12.1. The van der Waals surface area contributed by atoms with Crippen molar-refractivity contribution in [3.05, 3.63) is 0 Å². The Hall–Kier alpha value is -0.570. The largest absolute Gasteiger partial charge is 0.464 e. The zero-order valence-corrected chi connectivity index (χ0v) is 10.9. The molecular formula is C12H25NO2. The number of hydrogen-bond acceptors (Lipinski definition) is 3. The van der Waals surface area contributed by atoms with Gasteiger partial charge >= 0.3 is 5.97 Å². The molecule has 0 amide bonds. The van der Waals surface area contributed by atoms with Crippen molar-refractivity contribution in [1.29, 1.82) is 0 Å². The average molecular weight is 215 g/mol. The van der Waals surface area contributed by atoms with Crippen molar-refractivity contribution in [2.75, 3.05) is 13.2 Å². The summed E-state index contributed by atoms with van der Waals surface area (Å²) in [4.78, 5) is 11.3. The minimum absolute atomic E-state index is 0.00847. The fourth-order valence-electron chi connectivity index (χ4n) is 1.07. The summed E-state index contributed by atoms with van der Waals surface area (Å²) in [6.45, 7) is 13.5. The van der Waals surface area contributed by atoms with E-state index in [9.17, 15) is 4.79 Å². The van der Waals surface area contributed by atoms with Crippen LogP contribution in [0.25, 0.3) is 0 Å². The van der Waals surface area contributed by atoms with Crippen molar-refractivity contribution in [3.8, 4) is 0 Å². The third-order valence-electron chi connectivity index (χ3n) is 1.70. The molecule has 0 aliphatic heterocycles. The Morgan fingerprint density at radius 3 is 2.07 bits per heavy atom. The van der Waals surface area contributed by atoms with Gasteiger partial charge in [0.1, 0.15) is 6.61 Å². The molecule has 0 fully saturated rings. The zero-order valence-electron chi connectivity index (χ0n) is 10.9. The summed E-state index contributed by atoms with van der Waals surface area (Å²) >= 11 is 0. The monoisotopic (exact) mass is 215 g/mol. The van der Waals surface area contributed by atoms with Crippen LogP contribution in [0.2, 0.25) is 0 Å². The van der Waals surface area contributed by atoms with Crippen LogP contribution in [0.5, 0.6) is 0 Å². The van der Waals surface area contributed by atoms with Crippen molar-refractivity contribution in [3.63, 3.8) is 0 Å². The molecule has 0 aromatic rings. The molecule has 0 rings (SSSR count). The van der Waals surface area contributed by atoms with Gasteiger partial charge in [0.15, 0.2) is 0 Å². The van der Waals surface area contributed by atoms with Gasteiger partial charge in [-0.2, -0.15) is 0 Å². The van der Waals surface area contributed by atoms with Crippen LogP contribution >= 0.6 is 0 Å². The Kier molecular flexibility index (Phi) is 5.29. The van der Waals surface area contributed by atoms with Gasteiger partial charge in [-0.1, -0.05) is 20.8 Å². The predicted octanol–water partition coefficient (Wildman–Crippen LogP) is 2.35. The standard InChI is InChI=1S/C12H25NO2/c1-11(2,3)9-10(14)15-8-7-13-12(4,5)6/h13H,7-9H2,1-6H3. The fraction of sp³-hybridized carbons (Fsp3) is 0.917. The molecule has 1 N–H and O–H groups in total. The van der Waals surface area contributed by atoms with Crippen molar-refractivity contribution in [1.82, 2.24) is 5.32 Å². The lowest BCUT2D eigenvalue weighted by Gasteiger charge is -2.21. The van der Waals surface area contributed by atoms with Crippen LogP contribution in [0.4, 0.5) is 0 Å². The van der Waals surface area contributed by atoms with Crippen molar-refractivity contribution < 1.29 is 9.53 Å². The first kappa shape index (κ1) is 14.4. The highest BCUT2D eigenvalue weighted by molar-refractivity contribution is 5.70. The number of carbonyl (C=O) groups is 1. The van der Waals surface area contributed by atoms with Gasteiger partial charge in [-0.25, -0.2) is 0 Å². The minimum atomic E-state index is -0.113. The second-order valence-corrected chi connectivity index (χ2v) is 6.13. The van der Waals surface area contributed by atoms with Crippen LogP contribution in [-0.4, -0.2) is 24.7 Å². The molecule has 0 saturated carbocycles. The van der Waals surface area contributed by atoms with E-state index in [2.05, 4.69) is 26.1 Å². The molecule has 0 aromatic heterocycles. The molecule has 0 aliphatic carbocycles. The maximum absolute atomic E-state index is 11.3. The summed E-state index contributed by atoms with van der Waals surface area (Å²) in [5, 5.41) is 3.26. The van der Waals surface area contributed by atoms with E-state index in [1.165, 1.54) is 0 Å². The number of hydrogen-bond donors (Lipinski definition) is 1. The number of nitrogens with one attached hydrogen (secondary N) is 1. The van der Waals surface area contributed by atoms with Crippen LogP contribution in [0.15, 0.2) is 0 Å². The Labute approximate surface area is 93.6 Å². The molecule has 0 heterocycles. The molecule has 3 nitrogen and oxygen atoms in total. The van der Waals surface area contributed by atoms with Crippen LogP contribution in [0.3, 0.4) is 0 Å². The third kappa shape index (κ3) is 11.4. The van der Waals surface area contributed by atoms with Crippen LogP contribution in [0, 0.1) is 5.41 Å². The number of esters is 1. The number of rotatable bonds is 4. The summed E-state index contributed by atoms with van der Waals surface area (Å²) < 4.78 is 5.11. The van der Waals surface area contributed by atoms with E-state index in [0.717, 1.165) is 0 Å². The summed E-state index contributed by atoms with van der Waals surface area (Å²) in [6, 6.07) is 0.